The molecule has 0 bridgehead atoms. The highest BCUT2D eigenvalue weighted by Crippen LogP contribution is 2.21. The Morgan fingerprint density at radius 2 is 2.29 bits per heavy atom. The van der Waals surface area contributed by atoms with Crippen LogP contribution < -0.4 is 5.32 Å². The second-order valence-corrected chi connectivity index (χ2v) is 4.29. The van der Waals surface area contributed by atoms with Crippen LogP contribution in [0.3, 0.4) is 0 Å². The molecular formula is C7H5Br2F2NO2. The number of alkyl halides is 3. The van der Waals surface area contributed by atoms with E-state index < -0.39 is 17.3 Å². The summed E-state index contributed by atoms with van der Waals surface area (Å²) in [5.41, 5.74) is 0.182. The molecule has 0 unspecified atom stereocenters. The van der Waals surface area contributed by atoms with Crippen molar-refractivity contribution in [3.05, 3.63) is 22.6 Å². The number of halogens is 4. The minimum Gasteiger partial charge on any atom is -0.457 e. The molecule has 1 aromatic heterocycles. The fourth-order valence-electron chi connectivity index (χ4n) is 0.731. The summed E-state index contributed by atoms with van der Waals surface area (Å²) in [6, 6.07) is 1.38. The van der Waals surface area contributed by atoms with Crippen LogP contribution in [-0.4, -0.2) is 17.3 Å². The van der Waals surface area contributed by atoms with Gasteiger partial charge in [-0.3, -0.25) is 4.79 Å². The van der Waals surface area contributed by atoms with E-state index >= 15 is 0 Å². The Morgan fingerprint density at radius 3 is 2.71 bits per heavy atom. The monoisotopic (exact) mass is 331 g/mol. The van der Waals surface area contributed by atoms with E-state index in [1.54, 1.807) is 0 Å². The third kappa shape index (κ3) is 3.38. The Hall–Kier alpha value is -0.430. The van der Waals surface area contributed by atoms with Gasteiger partial charge < -0.3 is 9.73 Å². The first-order valence-corrected chi connectivity index (χ1v) is 5.06. The highest BCUT2D eigenvalue weighted by molar-refractivity contribution is 9.10. The van der Waals surface area contributed by atoms with Crippen LogP contribution in [0, 0.1) is 0 Å². The molecule has 0 saturated heterocycles. The molecule has 7 heteroatoms. The molecular weight excluding hydrogens is 328 g/mol. The SMILES string of the molecule is O=C(NCC(F)(F)Br)c1ccoc1Br. The first-order chi connectivity index (χ1) is 6.40. The van der Waals surface area contributed by atoms with Crippen LogP contribution in [0.4, 0.5) is 8.78 Å². The number of furan rings is 1. The van der Waals surface area contributed by atoms with E-state index in [4.69, 9.17) is 4.42 Å². The number of carbonyl (C=O) groups is 1. The third-order valence-electron chi connectivity index (χ3n) is 1.31. The lowest BCUT2D eigenvalue weighted by molar-refractivity contribution is 0.0834. The van der Waals surface area contributed by atoms with Crippen molar-refractivity contribution in [3.8, 4) is 0 Å². The molecule has 1 aromatic rings. The van der Waals surface area contributed by atoms with E-state index in [1.165, 1.54) is 12.3 Å². The van der Waals surface area contributed by atoms with E-state index in [0.717, 1.165) is 0 Å². The van der Waals surface area contributed by atoms with Gasteiger partial charge in [0.1, 0.15) is 0 Å². The average Bonchev–Trinajstić information content (AvgIpc) is 2.46. The predicted octanol–water partition coefficient (Wildman–Crippen LogP) is 2.76. The van der Waals surface area contributed by atoms with Crippen LogP contribution in [0.5, 0.6) is 0 Å². The number of carbonyl (C=O) groups excluding carboxylic acids is 1. The molecule has 0 spiro atoms. The molecule has 1 N–H and O–H groups in total. The number of hydrogen-bond donors (Lipinski definition) is 1. The Labute approximate surface area is 95.1 Å². The minimum atomic E-state index is -3.10. The topological polar surface area (TPSA) is 42.2 Å². The van der Waals surface area contributed by atoms with Gasteiger partial charge in [0.2, 0.25) is 0 Å². The summed E-state index contributed by atoms with van der Waals surface area (Å²) in [5.74, 6) is -0.621. The molecule has 1 rings (SSSR count). The molecule has 0 atom stereocenters. The highest BCUT2D eigenvalue weighted by atomic mass is 79.9. The Morgan fingerprint density at radius 1 is 1.64 bits per heavy atom. The van der Waals surface area contributed by atoms with E-state index in [9.17, 15) is 13.6 Å². The molecule has 0 saturated carbocycles. The van der Waals surface area contributed by atoms with Crippen LogP contribution in [0.1, 0.15) is 10.4 Å². The lowest BCUT2D eigenvalue weighted by atomic mass is 10.3. The third-order valence-corrected chi connectivity index (χ3v) is 2.21. The highest BCUT2D eigenvalue weighted by Gasteiger charge is 2.25. The molecule has 0 aliphatic rings. The van der Waals surface area contributed by atoms with Gasteiger partial charge in [-0.15, -0.1) is 0 Å². The van der Waals surface area contributed by atoms with Crippen LogP contribution in [0.25, 0.3) is 0 Å². The number of rotatable bonds is 3. The van der Waals surface area contributed by atoms with Gasteiger partial charge in [-0.05, 0) is 37.9 Å². The summed E-state index contributed by atoms with van der Waals surface area (Å²) < 4.78 is 29.6. The molecule has 0 radical (unpaired) electrons. The van der Waals surface area contributed by atoms with Crippen molar-refractivity contribution < 1.29 is 18.0 Å². The smallest absolute Gasteiger partial charge is 0.318 e. The van der Waals surface area contributed by atoms with Crippen LogP contribution in [-0.2, 0) is 0 Å². The summed E-state index contributed by atoms with van der Waals surface area (Å²) in [6.45, 7) is -0.774. The van der Waals surface area contributed by atoms with Crippen molar-refractivity contribution >= 4 is 37.8 Å². The average molecular weight is 333 g/mol. The maximum atomic E-state index is 12.3. The lowest BCUT2D eigenvalue weighted by Crippen LogP contribution is -2.32. The molecule has 0 aliphatic carbocycles. The maximum absolute atomic E-state index is 12.3. The van der Waals surface area contributed by atoms with E-state index in [1.807, 2.05) is 5.32 Å². The lowest BCUT2D eigenvalue weighted by Gasteiger charge is -2.08. The standard InChI is InChI=1S/C7H5Br2F2NO2/c8-5-4(1-2-14-5)6(13)12-3-7(9,10)11/h1-2H,3H2,(H,12,13). The molecule has 0 aromatic carbocycles. The second-order valence-electron chi connectivity index (χ2n) is 2.41. The zero-order valence-corrected chi connectivity index (χ0v) is 9.86. The Kier molecular flexibility index (Phi) is 3.65. The van der Waals surface area contributed by atoms with Crippen LogP contribution in [0.15, 0.2) is 21.4 Å². The molecule has 1 amide bonds. The van der Waals surface area contributed by atoms with Gasteiger partial charge in [0.25, 0.3) is 5.91 Å². The van der Waals surface area contributed by atoms with Gasteiger partial charge in [0.05, 0.1) is 18.4 Å². The van der Waals surface area contributed by atoms with Gasteiger partial charge in [-0.1, -0.05) is 0 Å². The molecule has 78 valence electrons. The first-order valence-electron chi connectivity index (χ1n) is 3.48. The number of hydrogen-bond acceptors (Lipinski definition) is 2. The summed E-state index contributed by atoms with van der Waals surface area (Å²) >= 11 is 5.07. The van der Waals surface area contributed by atoms with Gasteiger partial charge in [-0.2, -0.15) is 8.78 Å². The van der Waals surface area contributed by atoms with Gasteiger partial charge in [0.15, 0.2) is 4.67 Å². The molecule has 0 fully saturated rings. The van der Waals surface area contributed by atoms with Crippen LogP contribution >= 0.6 is 31.9 Å². The Bertz CT molecular complexity index is 335. The zero-order chi connectivity index (χ0) is 10.8. The zero-order valence-electron chi connectivity index (χ0n) is 6.69. The summed E-state index contributed by atoms with van der Waals surface area (Å²) in [5, 5.41) is 2.04. The summed E-state index contributed by atoms with van der Waals surface area (Å²) in [6.07, 6.45) is 1.28. The first kappa shape index (κ1) is 11.6. The van der Waals surface area contributed by atoms with Crippen molar-refractivity contribution in [2.24, 2.45) is 0 Å². The largest absolute Gasteiger partial charge is 0.457 e. The van der Waals surface area contributed by atoms with Crippen molar-refractivity contribution in [1.29, 1.82) is 0 Å². The van der Waals surface area contributed by atoms with Crippen LogP contribution in [0.2, 0.25) is 0 Å². The molecule has 14 heavy (non-hydrogen) atoms. The quantitative estimate of drug-likeness (QED) is 0.865. The normalized spacial score (nSPS) is 11.4. The molecule has 1 heterocycles. The van der Waals surface area contributed by atoms with Crippen molar-refractivity contribution in [2.75, 3.05) is 6.54 Å². The summed E-state index contributed by atoms with van der Waals surface area (Å²) in [4.78, 5) is 8.12. The molecule has 3 nitrogen and oxygen atoms in total. The fraction of sp³-hybridized carbons (Fsp3) is 0.286. The fourth-order valence-corrected chi connectivity index (χ4v) is 1.29. The van der Waals surface area contributed by atoms with E-state index in [2.05, 4.69) is 31.9 Å². The van der Waals surface area contributed by atoms with E-state index in [-0.39, 0.29) is 10.2 Å². The predicted molar refractivity (Wildman–Crippen MR) is 52.6 cm³/mol. The summed E-state index contributed by atoms with van der Waals surface area (Å²) in [7, 11) is 0. The van der Waals surface area contributed by atoms with E-state index in [0.29, 0.717) is 0 Å². The van der Waals surface area contributed by atoms with Gasteiger partial charge in [-0.25, -0.2) is 0 Å². The van der Waals surface area contributed by atoms with Crippen molar-refractivity contribution in [3.63, 3.8) is 0 Å². The maximum Gasteiger partial charge on any atom is 0.318 e. The van der Waals surface area contributed by atoms with Gasteiger partial charge >= 0.3 is 4.83 Å². The Balaban J connectivity index is 2.56. The second kappa shape index (κ2) is 4.39. The minimum absolute atomic E-state index is 0.182. The van der Waals surface area contributed by atoms with Crippen molar-refractivity contribution in [1.82, 2.24) is 5.32 Å². The number of nitrogens with one attached hydrogen (secondary N) is 1. The molecule has 0 aliphatic heterocycles. The number of amides is 1. The van der Waals surface area contributed by atoms with Crippen molar-refractivity contribution in [2.45, 2.75) is 4.83 Å². The van der Waals surface area contributed by atoms with Gasteiger partial charge in [0, 0.05) is 0 Å².